The normalized spacial score (nSPS) is 18.0. The number of hydrogen-bond acceptors (Lipinski definition) is 4. The monoisotopic (exact) mass is 307 g/mol. The van der Waals surface area contributed by atoms with Gasteiger partial charge in [0.05, 0.1) is 13.2 Å². The highest BCUT2D eigenvalue weighted by Gasteiger charge is 2.18. The number of aromatic nitrogens is 1. The molecule has 2 amide bonds. The Bertz CT molecular complexity index is 436. The van der Waals surface area contributed by atoms with Crippen molar-refractivity contribution in [2.45, 2.75) is 19.4 Å². The fourth-order valence-corrected chi connectivity index (χ4v) is 2.48. The molecule has 0 aliphatic carbocycles. The molecule has 0 saturated carbocycles. The maximum absolute atomic E-state index is 12.4. The Balaban J connectivity index is 1.84. The number of nitrogens with zero attached hydrogens (tertiary/aromatic N) is 2. The van der Waals surface area contributed by atoms with Crippen molar-refractivity contribution in [3.8, 4) is 0 Å². The number of carbonyl (C=O) groups excluding carboxylic acids is 1. The summed E-state index contributed by atoms with van der Waals surface area (Å²) >= 11 is 0. The molecule has 1 aromatic rings. The quantitative estimate of drug-likeness (QED) is 0.832. The van der Waals surface area contributed by atoms with Gasteiger partial charge >= 0.3 is 6.03 Å². The summed E-state index contributed by atoms with van der Waals surface area (Å²) < 4.78 is 10.5. The minimum atomic E-state index is -0.0634. The SMILES string of the molecule is COCCN(Cc1cccnc1)C(=O)NC[C@@H]1CCCOC1. The second kappa shape index (κ2) is 9.38. The van der Waals surface area contributed by atoms with Crippen LogP contribution in [0.5, 0.6) is 0 Å². The third-order valence-corrected chi connectivity index (χ3v) is 3.75. The topological polar surface area (TPSA) is 63.7 Å². The standard InChI is InChI=1S/C16H25N3O3/c1-21-9-7-19(12-14-4-2-6-17-10-14)16(20)18-11-15-5-3-8-22-13-15/h2,4,6,10,15H,3,5,7-9,11-13H2,1H3,(H,18,20)/t15-/m0/s1. The van der Waals surface area contributed by atoms with Gasteiger partial charge in [-0.15, -0.1) is 0 Å². The van der Waals surface area contributed by atoms with Crippen LogP contribution in [0, 0.1) is 5.92 Å². The zero-order valence-electron chi connectivity index (χ0n) is 13.2. The van der Waals surface area contributed by atoms with Crippen LogP contribution in [-0.4, -0.2) is 55.9 Å². The molecule has 1 aromatic heterocycles. The molecule has 0 aromatic carbocycles. The van der Waals surface area contributed by atoms with Crippen molar-refractivity contribution in [3.63, 3.8) is 0 Å². The number of ether oxygens (including phenoxy) is 2. The van der Waals surface area contributed by atoms with E-state index >= 15 is 0 Å². The van der Waals surface area contributed by atoms with Gasteiger partial charge in [-0.3, -0.25) is 4.98 Å². The van der Waals surface area contributed by atoms with Gasteiger partial charge in [0.15, 0.2) is 0 Å². The Morgan fingerprint density at radius 2 is 2.50 bits per heavy atom. The van der Waals surface area contributed by atoms with Crippen LogP contribution >= 0.6 is 0 Å². The van der Waals surface area contributed by atoms with E-state index in [0.717, 1.165) is 31.6 Å². The number of urea groups is 1. The summed E-state index contributed by atoms with van der Waals surface area (Å²) in [6, 6.07) is 3.78. The van der Waals surface area contributed by atoms with Crippen LogP contribution in [0.3, 0.4) is 0 Å². The molecule has 0 unspecified atom stereocenters. The number of methoxy groups -OCH3 is 1. The van der Waals surface area contributed by atoms with Crippen LogP contribution in [0.2, 0.25) is 0 Å². The number of pyridine rings is 1. The predicted octanol–water partition coefficient (Wildman–Crippen LogP) is 1.67. The van der Waals surface area contributed by atoms with Gasteiger partial charge in [-0.1, -0.05) is 6.07 Å². The largest absolute Gasteiger partial charge is 0.383 e. The molecule has 1 aliphatic rings. The summed E-state index contributed by atoms with van der Waals surface area (Å²) in [4.78, 5) is 18.2. The van der Waals surface area contributed by atoms with E-state index in [4.69, 9.17) is 9.47 Å². The van der Waals surface area contributed by atoms with Crippen LogP contribution < -0.4 is 5.32 Å². The van der Waals surface area contributed by atoms with E-state index in [1.165, 1.54) is 0 Å². The minimum Gasteiger partial charge on any atom is -0.383 e. The van der Waals surface area contributed by atoms with Crippen molar-refractivity contribution in [3.05, 3.63) is 30.1 Å². The summed E-state index contributed by atoms with van der Waals surface area (Å²) in [6.45, 7) is 3.84. The average Bonchev–Trinajstić information content (AvgIpc) is 2.58. The van der Waals surface area contributed by atoms with Crippen LogP contribution in [-0.2, 0) is 16.0 Å². The van der Waals surface area contributed by atoms with E-state index in [2.05, 4.69) is 10.3 Å². The molecule has 1 aliphatic heterocycles. The van der Waals surface area contributed by atoms with E-state index in [1.54, 1.807) is 24.4 Å². The van der Waals surface area contributed by atoms with E-state index in [9.17, 15) is 4.79 Å². The molecule has 22 heavy (non-hydrogen) atoms. The van der Waals surface area contributed by atoms with Crippen molar-refractivity contribution < 1.29 is 14.3 Å². The molecule has 1 N–H and O–H groups in total. The lowest BCUT2D eigenvalue weighted by molar-refractivity contribution is 0.0549. The lowest BCUT2D eigenvalue weighted by Crippen LogP contribution is -2.43. The number of rotatable bonds is 7. The minimum absolute atomic E-state index is 0.0634. The fourth-order valence-electron chi connectivity index (χ4n) is 2.48. The van der Waals surface area contributed by atoms with Crippen molar-refractivity contribution in [1.82, 2.24) is 15.2 Å². The molecule has 1 atom stereocenters. The molecule has 122 valence electrons. The lowest BCUT2D eigenvalue weighted by Gasteiger charge is -2.26. The van der Waals surface area contributed by atoms with Gasteiger partial charge in [0.2, 0.25) is 0 Å². The molecule has 2 rings (SSSR count). The van der Waals surface area contributed by atoms with Gasteiger partial charge in [0.25, 0.3) is 0 Å². The number of nitrogens with one attached hydrogen (secondary N) is 1. The Kier molecular flexibility index (Phi) is 7.12. The van der Waals surface area contributed by atoms with Crippen molar-refractivity contribution in [1.29, 1.82) is 0 Å². The summed E-state index contributed by atoms with van der Waals surface area (Å²) in [5.41, 5.74) is 1.01. The van der Waals surface area contributed by atoms with E-state index in [-0.39, 0.29) is 6.03 Å². The first kappa shape index (κ1) is 16.7. The molecule has 1 fully saturated rings. The van der Waals surface area contributed by atoms with Gasteiger partial charge in [0, 0.05) is 45.7 Å². The lowest BCUT2D eigenvalue weighted by atomic mass is 10.0. The highest BCUT2D eigenvalue weighted by molar-refractivity contribution is 5.74. The highest BCUT2D eigenvalue weighted by atomic mass is 16.5. The molecular formula is C16H25N3O3. The summed E-state index contributed by atoms with van der Waals surface area (Å²) in [5, 5.41) is 3.01. The van der Waals surface area contributed by atoms with Crippen LogP contribution in [0.1, 0.15) is 18.4 Å². The predicted molar refractivity (Wildman–Crippen MR) is 83.5 cm³/mol. The Labute approximate surface area is 131 Å². The first-order chi connectivity index (χ1) is 10.8. The van der Waals surface area contributed by atoms with Gasteiger partial charge in [-0.05, 0) is 30.4 Å². The van der Waals surface area contributed by atoms with Gasteiger partial charge in [-0.25, -0.2) is 4.79 Å². The first-order valence-corrected chi connectivity index (χ1v) is 7.78. The van der Waals surface area contributed by atoms with Crippen LogP contribution in [0.15, 0.2) is 24.5 Å². The molecular weight excluding hydrogens is 282 g/mol. The summed E-state index contributed by atoms with van der Waals surface area (Å²) in [7, 11) is 1.64. The van der Waals surface area contributed by atoms with E-state index in [0.29, 0.717) is 32.2 Å². The number of hydrogen-bond donors (Lipinski definition) is 1. The molecule has 1 saturated heterocycles. The maximum Gasteiger partial charge on any atom is 0.317 e. The Morgan fingerprint density at radius 1 is 1.59 bits per heavy atom. The van der Waals surface area contributed by atoms with E-state index < -0.39 is 0 Å². The van der Waals surface area contributed by atoms with Crippen molar-refractivity contribution in [2.24, 2.45) is 5.92 Å². The van der Waals surface area contributed by atoms with Gasteiger partial charge in [0.1, 0.15) is 0 Å². The molecule has 6 nitrogen and oxygen atoms in total. The van der Waals surface area contributed by atoms with Crippen molar-refractivity contribution in [2.75, 3.05) is 40.0 Å². The zero-order valence-corrected chi connectivity index (χ0v) is 13.2. The van der Waals surface area contributed by atoms with Gasteiger partial charge in [-0.2, -0.15) is 0 Å². The van der Waals surface area contributed by atoms with Crippen LogP contribution in [0.4, 0.5) is 4.79 Å². The fraction of sp³-hybridized carbons (Fsp3) is 0.625. The summed E-state index contributed by atoms with van der Waals surface area (Å²) in [6.07, 6.45) is 5.69. The maximum atomic E-state index is 12.4. The average molecular weight is 307 g/mol. The highest BCUT2D eigenvalue weighted by Crippen LogP contribution is 2.12. The zero-order chi connectivity index (χ0) is 15.6. The smallest absolute Gasteiger partial charge is 0.317 e. The van der Waals surface area contributed by atoms with Gasteiger partial charge < -0.3 is 19.7 Å². The molecule has 0 bridgehead atoms. The van der Waals surface area contributed by atoms with Crippen LogP contribution in [0.25, 0.3) is 0 Å². The third kappa shape index (κ3) is 5.61. The number of carbonyl (C=O) groups is 1. The molecule has 0 radical (unpaired) electrons. The molecule has 2 heterocycles. The molecule has 0 spiro atoms. The van der Waals surface area contributed by atoms with Crippen molar-refractivity contribution >= 4 is 6.03 Å². The molecule has 6 heteroatoms. The Hall–Kier alpha value is -1.66. The third-order valence-electron chi connectivity index (χ3n) is 3.75. The summed E-state index contributed by atoms with van der Waals surface area (Å²) in [5.74, 6) is 0.417. The second-order valence-corrected chi connectivity index (χ2v) is 5.54. The number of amides is 2. The van der Waals surface area contributed by atoms with E-state index in [1.807, 2.05) is 12.1 Å². The second-order valence-electron chi connectivity index (χ2n) is 5.54. The Morgan fingerprint density at radius 3 is 3.18 bits per heavy atom. The first-order valence-electron chi connectivity index (χ1n) is 7.78.